The number of aromatic nitrogens is 3. The Morgan fingerprint density at radius 3 is 2.50 bits per heavy atom. The minimum atomic E-state index is -0.790. The van der Waals surface area contributed by atoms with Crippen LogP contribution < -0.4 is 5.73 Å². The molecule has 0 fully saturated rings. The summed E-state index contributed by atoms with van der Waals surface area (Å²) in [4.78, 5) is 22.9. The van der Waals surface area contributed by atoms with Crippen molar-refractivity contribution in [2.45, 2.75) is 0 Å². The topological polar surface area (TPSA) is 90.9 Å². The van der Waals surface area contributed by atoms with Gasteiger partial charge in [0.15, 0.2) is 0 Å². The van der Waals surface area contributed by atoms with Crippen molar-refractivity contribution in [3.63, 3.8) is 0 Å². The maximum Gasteiger partial charge on any atom is 0.287 e. The van der Waals surface area contributed by atoms with E-state index < -0.39 is 5.91 Å². The molecular weight excluding hydrogens is 208 g/mol. The molecular formula is C10H8N4O2. The van der Waals surface area contributed by atoms with Gasteiger partial charge in [-0.1, -0.05) is 18.2 Å². The fraction of sp³-hybridized carbons (Fsp3) is 0. The van der Waals surface area contributed by atoms with Crippen LogP contribution in [0, 0.1) is 0 Å². The Bertz CT molecular complexity index is 533. The number of primary amides is 1. The summed E-state index contributed by atoms with van der Waals surface area (Å²) in [5.41, 5.74) is 5.50. The van der Waals surface area contributed by atoms with E-state index in [1.165, 1.54) is 0 Å². The molecule has 1 aromatic carbocycles. The monoisotopic (exact) mass is 216 g/mol. The largest absolute Gasteiger partial charge is 0.363 e. The molecule has 0 aliphatic carbocycles. The van der Waals surface area contributed by atoms with Gasteiger partial charge in [0.25, 0.3) is 11.8 Å². The third-order valence-electron chi connectivity index (χ3n) is 2.01. The van der Waals surface area contributed by atoms with Crippen LogP contribution in [0.25, 0.3) is 0 Å². The second kappa shape index (κ2) is 3.93. The van der Waals surface area contributed by atoms with E-state index in [0.29, 0.717) is 5.56 Å². The minimum Gasteiger partial charge on any atom is -0.363 e. The first kappa shape index (κ1) is 10.0. The number of hydrogen-bond acceptors (Lipinski definition) is 4. The van der Waals surface area contributed by atoms with Crippen LogP contribution in [0.15, 0.2) is 36.7 Å². The Hall–Kier alpha value is -2.50. The number of benzene rings is 1. The van der Waals surface area contributed by atoms with E-state index >= 15 is 0 Å². The van der Waals surface area contributed by atoms with Crippen LogP contribution in [0.3, 0.4) is 0 Å². The summed E-state index contributed by atoms with van der Waals surface area (Å²) in [7, 11) is 0. The lowest BCUT2D eigenvalue weighted by Crippen LogP contribution is -2.22. The van der Waals surface area contributed by atoms with E-state index in [2.05, 4.69) is 10.2 Å². The summed E-state index contributed by atoms with van der Waals surface area (Å²) in [6.45, 7) is 0. The van der Waals surface area contributed by atoms with Crippen LogP contribution >= 0.6 is 0 Å². The number of amides is 1. The van der Waals surface area contributed by atoms with Crippen LogP contribution in [0.5, 0.6) is 0 Å². The lowest BCUT2D eigenvalue weighted by Gasteiger charge is -2.02. The van der Waals surface area contributed by atoms with Gasteiger partial charge >= 0.3 is 0 Å². The Balaban J connectivity index is 2.42. The van der Waals surface area contributed by atoms with Crippen molar-refractivity contribution in [2.75, 3.05) is 0 Å². The van der Waals surface area contributed by atoms with Crippen LogP contribution in [0.1, 0.15) is 21.0 Å². The van der Waals surface area contributed by atoms with Crippen molar-refractivity contribution in [1.82, 2.24) is 14.8 Å². The van der Waals surface area contributed by atoms with Gasteiger partial charge in [-0.3, -0.25) is 9.59 Å². The summed E-state index contributed by atoms with van der Waals surface area (Å²) >= 11 is 0. The average Bonchev–Trinajstić information content (AvgIpc) is 2.78. The third kappa shape index (κ3) is 1.68. The molecule has 0 spiro atoms. The Labute approximate surface area is 90.7 Å². The number of rotatable bonds is 2. The smallest absolute Gasteiger partial charge is 0.287 e. The average molecular weight is 216 g/mol. The highest BCUT2D eigenvalue weighted by molar-refractivity contribution is 6.00. The van der Waals surface area contributed by atoms with Gasteiger partial charge in [0.05, 0.1) is 0 Å². The van der Waals surface area contributed by atoms with E-state index in [1.54, 1.807) is 30.3 Å². The lowest BCUT2D eigenvalue weighted by molar-refractivity contribution is 0.0919. The molecule has 0 saturated carbocycles. The van der Waals surface area contributed by atoms with Crippen LogP contribution in [0.4, 0.5) is 0 Å². The standard InChI is InChI=1S/C10H8N4O2/c11-8(15)9-13-12-6-14(9)10(16)7-4-2-1-3-5-7/h1-6H,(H2,11,15). The molecule has 80 valence electrons. The van der Waals surface area contributed by atoms with Gasteiger partial charge in [0.1, 0.15) is 6.33 Å². The van der Waals surface area contributed by atoms with E-state index in [0.717, 1.165) is 10.9 Å². The van der Waals surface area contributed by atoms with Gasteiger partial charge in [-0.25, -0.2) is 4.57 Å². The molecule has 1 aromatic heterocycles. The molecule has 2 aromatic rings. The summed E-state index contributed by atoms with van der Waals surface area (Å²) in [5, 5.41) is 6.96. The molecule has 0 bridgehead atoms. The van der Waals surface area contributed by atoms with Gasteiger partial charge in [0.2, 0.25) is 5.82 Å². The van der Waals surface area contributed by atoms with Crippen LogP contribution in [-0.4, -0.2) is 26.6 Å². The van der Waals surface area contributed by atoms with Gasteiger partial charge in [0, 0.05) is 5.56 Å². The fourth-order valence-electron chi connectivity index (χ4n) is 1.27. The molecule has 0 aliphatic heterocycles. The Kier molecular flexibility index (Phi) is 2.47. The molecule has 0 unspecified atom stereocenters. The summed E-state index contributed by atoms with van der Waals surface area (Å²) < 4.78 is 1.03. The highest BCUT2D eigenvalue weighted by atomic mass is 16.2. The molecule has 6 heteroatoms. The van der Waals surface area contributed by atoms with Crippen LogP contribution in [0.2, 0.25) is 0 Å². The minimum absolute atomic E-state index is 0.172. The van der Waals surface area contributed by atoms with E-state index in [1.807, 2.05) is 0 Å². The molecule has 2 rings (SSSR count). The summed E-state index contributed by atoms with van der Waals surface area (Å²) in [5.74, 6) is -1.35. The maximum absolute atomic E-state index is 11.9. The number of nitrogens with two attached hydrogens (primary N) is 1. The van der Waals surface area contributed by atoms with E-state index in [-0.39, 0.29) is 11.7 Å². The van der Waals surface area contributed by atoms with Gasteiger partial charge in [-0.2, -0.15) is 0 Å². The molecule has 6 nitrogen and oxygen atoms in total. The van der Waals surface area contributed by atoms with Crippen molar-refractivity contribution >= 4 is 11.8 Å². The SMILES string of the molecule is NC(=O)c1nncn1C(=O)c1ccccc1. The van der Waals surface area contributed by atoms with E-state index in [9.17, 15) is 9.59 Å². The summed E-state index contributed by atoms with van der Waals surface area (Å²) in [6.07, 6.45) is 1.16. The van der Waals surface area contributed by atoms with Crippen molar-refractivity contribution in [3.8, 4) is 0 Å². The second-order valence-corrected chi connectivity index (χ2v) is 3.06. The molecule has 0 aliphatic rings. The normalized spacial score (nSPS) is 10.0. The molecule has 1 amide bonds. The zero-order valence-corrected chi connectivity index (χ0v) is 8.20. The zero-order valence-electron chi connectivity index (χ0n) is 8.20. The first-order valence-electron chi connectivity index (χ1n) is 4.49. The number of carbonyl (C=O) groups is 2. The highest BCUT2D eigenvalue weighted by Crippen LogP contribution is 2.04. The predicted molar refractivity (Wildman–Crippen MR) is 54.7 cm³/mol. The fourth-order valence-corrected chi connectivity index (χ4v) is 1.27. The Morgan fingerprint density at radius 1 is 1.19 bits per heavy atom. The first-order valence-corrected chi connectivity index (χ1v) is 4.49. The third-order valence-corrected chi connectivity index (χ3v) is 2.01. The van der Waals surface area contributed by atoms with Gasteiger partial charge < -0.3 is 5.73 Å². The number of nitrogens with zero attached hydrogens (tertiary/aromatic N) is 3. The number of carbonyl (C=O) groups excluding carboxylic acids is 2. The van der Waals surface area contributed by atoms with Crippen molar-refractivity contribution < 1.29 is 9.59 Å². The Morgan fingerprint density at radius 2 is 1.88 bits per heavy atom. The lowest BCUT2D eigenvalue weighted by atomic mass is 10.2. The van der Waals surface area contributed by atoms with Crippen molar-refractivity contribution in [1.29, 1.82) is 0 Å². The zero-order chi connectivity index (χ0) is 11.5. The van der Waals surface area contributed by atoms with Crippen LogP contribution in [-0.2, 0) is 0 Å². The quantitative estimate of drug-likeness (QED) is 0.768. The number of hydrogen-bond donors (Lipinski definition) is 1. The van der Waals surface area contributed by atoms with Crippen molar-refractivity contribution in [3.05, 3.63) is 48.0 Å². The van der Waals surface area contributed by atoms with Crippen molar-refractivity contribution in [2.24, 2.45) is 5.73 Å². The van der Waals surface area contributed by atoms with E-state index in [4.69, 9.17) is 5.73 Å². The molecule has 0 atom stereocenters. The summed E-state index contributed by atoms with van der Waals surface area (Å²) in [6, 6.07) is 8.50. The highest BCUT2D eigenvalue weighted by Gasteiger charge is 2.16. The molecule has 2 N–H and O–H groups in total. The van der Waals surface area contributed by atoms with Gasteiger partial charge in [-0.15, -0.1) is 10.2 Å². The molecule has 1 heterocycles. The first-order chi connectivity index (χ1) is 7.70. The maximum atomic E-state index is 11.9. The second-order valence-electron chi connectivity index (χ2n) is 3.06. The molecule has 0 radical (unpaired) electrons. The van der Waals surface area contributed by atoms with Gasteiger partial charge in [-0.05, 0) is 12.1 Å². The molecule has 0 saturated heterocycles. The predicted octanol–water partition coefficient (Wildman–Crippen LogP) is 0.0655. The molecule has 16 heavy (non-hydrogen) atoms.